The van der Waals surface area contributed by atoms with Gasteiger partial charge in [-0.3, -0.25) is 4.79 Å². The molecule has 100 valence electrons. The van der Waals surface area contributed by atoms with E-state index in [1.807, 2.05) is 19.1 Å². The zero-order valence-electron chi connectivity index (χ0n) is 10.2. The Bertz CT molecular complexity index is 656. The van der Waals surface area contributed by atoms with Crippen LogP contribution in [0.5, 0.6) is 0 Å². The van der Waals surface area contributed by atoms with Gasteiger partial charge in [0.15, 0.2) is 5.16 Å². The van der Waals surface area contributed by atoms with E-state index in [0.717, 1.165) is 10.5 Å². The molecule has 1 heterocycles. The van der Waals surface area contributed by atoms with Crippen LogP contribution in [-0.4, -0.2) is 9.97 Å². The molecule has 0 radical (unpaired) electrons. The van der Waals surface area contributed by atoms with Gasteiger partial charge in [-0.1, -0.05) is 29.4 Å². The number of nitrogens with two attached hydrogens (primary N) is 2. The van der Waals surface area contributed by atoms with Crippen molar-refractivity contribution in [1.29, 1.82) is 0 Å². The molecule has 0 spiro atoms. The topological polar surface area (TPSA) is 97.8 Å². The number of nitrogens with one attached hydrogen (secondary N) is 1. The molecule has 0 saturated carbocycles. The highest BCUT2D eigenvalue weighted by molar-refractivity contribution is 7.99. The summed E-state index contributed by atoms with van der Waals surface area (Å²) in [6, 6.07) is 6.68. The van der Waals surface area contributed by atoms with Crippen molar-refractivity contribution in [2.24, 2.45) is 5.73 Å². The number of aromatic amines is 1. The number of benzene rings is 1. The Balaban J connectivity index is 2.30. The summed E-state index contributed by atoms with van der Waals surface area (Å²) >= 11 is 7.42. The molecule has 0 bridgehead atoms. The van der Waals surface area contributed by atoms with Crippen LogP contribution in [-0.2, 0) is 0 Å². The van der Waals surface area contributed by atoms with Crippen LogP contribution in [0.4, 0.5) is 5.82 Å². The van der Waals surface area contributed by atoms with Gasteiger partial charge in [0, 0.05) is 17.0 Å². The lowest BCUT2D eigenvalue weighted by Crippen LogP contribution is -2.09. The SMILES string of the molecule is C[C@@H](N)c1ccc(Sc2nc(N)cc(=O)[nH]2)c(Cl)c1. The van der Waals surface area contributed by atoms with Gasteiger partial charge in [-0.2, -0.15) is 0 Å². The van der Waals surface area contributed by atoms with E-state index < -0.39 is 0 Å². The van der Waals surface area contributed by atoms with Crippen molar-refractivity contribution in [2.75, 3.05) is 5.73 Å². The molecule has 0 saturated heterocycles. The van der Waals surface area contributed by atoms with Crippen LogP contribution in [0.3, 0.4) is 0 Å². The number of aromatic nitrogens is 2. The Hall–Kier alpha value is -1.50. The van der Waals surface area contributed by atoms with Gasteiger partial charge >= 0.3 is 0 Å². The summed E-state index contributed by atoms with van der Waals surface area (Å²) in [5.41, 5.74) is 12.0. The van der Waals surface area contributed by atoms with Crippen molar-refractivity contribution in [3.63, 3.8) is 0 Å². The summed E-state index contributed by atoms with van der Waals surface area (Å²) in [5.74, 6) is 0.176. The number of hydrogen-bond donors (Lipinski definition) is 3. The van der Waals surface area contributed by atoms with Crippen LogP contribution < -0.4 is 17.0 Å². The Morgan fingerprint density at radius 1 is 1.42 bits per heavy atom. The fourth-order valence-corrected chi connectivity index (χ4v) is 2.60. The molecule has 7 heteroatoms. The van der Waals surface area contributed by atoms with Crippen molar-refractivity contribution in [3.05, 3.63) is 45.2 Å². The lowest BCUT2D eigenvalue weighted by atomic mass is 10.1. The normalized spacial score (nSPS) is 12.4. The summed E-state index contributed by atoms with van der Waals surface area (Å²) in [4.78, 5) is 18.7. The molecule has 2 rings (SSSR count). The van der Waals surface area contributed by atoms with Crippen molar-refractivity contribution in [3.8, 4) is 0 Å². The van der Waals surface area contributed by atoms with Crippen LogP contribution >= 0.6 is 23.4 Å². The molecule has 0 amide bonds. The van der Waals surface area contributed by atoms with Gasteiger partial charge < -0.3 is 16.5 Å². The summed E-state index contributed by atoms with van der Waals surface area (Å²) in [6.45, 7) is 1.88. The number of anilines is 1. The van der Waals surface area contributed by atoms with Crippen molar-refractivity contribution in [1.82, 2.24) is 9.97 Å². The van der Waals surface area contributed by atoms with E-state index in [-0.39, 0.29) is 17.4 Å². The van der Waals surface area contributed by atoms with E-state index in [0.29, 0.717) is 10.2 Å². The predicted octanol–water partition coefficient (Wildman–Crippen LogP) is 2.18. The standard InChI is InChI=1S/C12H13ClN4OS/c1-6(14)7-2-3-9(8(13)4-7)19-12-16-10(15)5-11(18)17-12/h2-6H,14H2,1H3,(H3,15,16,17,18)/t6-/m1/s1. The van der Waals surface area contributed by atoms with E-state index in [4.69, 9.17) is 23.1 Å². The van der Waals surface area contributed by atoms with Crippen molar-refractivity contribution < 1.29 is 0 Å². The Kier molecular flexibility index (Phi) is 4.14. The maximum Gasteiger partial charge on any atom is 0.253 e. The molecule has 0 aliphatic carbocycles. The molecule has 1 aromatic heterocycles. The second-order valence-electron chi connectivity index (χ2n) is 4.06. The van der Waals surface area contributed by atoms with Crippen LogP contribution in [0.15, 0.2) is 39.1 Å². The van der Waals surface area contributed by atoms with Gasteiger partial charge in [-0.05, 0) is 24.6 Å². The average Bonchev–Trinajstić information content (AvgIpc) is 2.30. The largest absolute Gasteiger partial charge is 0.383 e. The monoisotopic (exact) mass is 296 g/mol. The minimum atomic E-state index is -0.293. The predicted molar refractivity (Wildman–Crippen MR) is 77.4 cm³/mol. The molecule has 2 aromatic rings. The van der Waals surface area contributed by atoms with Crippen molar-refractivity contribution >= 4 is 29.2 Å². The minimum absolute atomic E-state index is 0.0816. The number of nitrogens with zero attached hydrogens (tertiary/aromatic N) is 1. The molecule has 1 atom stereocenters. The van der Waals surface area contributed by atoms with E-state index in [9.17, 15) is 4.79 Å². The molecule has 0 aliphatic rings. The molecular weight excluding hydrogens is 284 g/mol. The quantitative estimate of drug-likeness (QED) is 0.754. The number of hydrogen-bond acceptors (Lipinski definition) is 5. The number of halogens is 1. The second kappa shape index (κ2) is 5.64. The first-order valence-corrected chi connectivity index (χ1v) is 6.75. The molecular formula is C12H13ClN4OS. The highest BCUT2D eigenvalue weighted by Crippen LogP contribution is 2.32. The van der Waals surface area contributed by atoms with Crippen LogP contribution in [0.25, 0.3) is 0 Å². The lowest BCUT2D eigenvalue weighted by molar-refractivity contribution is 0.817. The number of rotatable bonds is 3. The van der Waals surface area contributed by atoms with Crippen LogP contribution in [0, 0.1) is 0 Å². The van der Waals surface area contributed by atoms with Gasteiger partial charge in [-0.25, -0.2) is 4.98 Å². The Morgan fingerprint density at radius 3 is 2.74 bits per heavy atom. The van der Waals surface area contributed by atoms with Gasteiger partial charge in [-0.15, -0.1) is 0 Å². The van der Waals surface area contributed by atoms with Gasteiger partial charge in [0.2, 0.25) is 0 Å². The summed E-state index contributed by atoms with van der Waals surface area (Å²) < 4.78 is 0. The van der Waals surface area contributed by atoms with E-state index in [1.54, 1.807) is 6.07 Å². The van der Waals surface area contributed by atoms with Crippen LogP contribution in [0.2, 0.25) is 5.02 Å². The van der Waals surface area contributed by atoms with E-state index in [1.165, 1.54) is 17.8 Å². The fourth-order valence-electron chi connectivity index (χ4n) is 1.49. The first-order chi connectivity index (χ1) is 8.95. The van der Waals surface area contributed by atoms with Crippen molar-refractivity contribution in [2.45, 2.75) is 23.0 Å². The highest BCUT2D eigenvalue weighted by Gasteiger charge is 2.08. The number of H-pyrrole nitrogens is 1. The smallest absolute Gasteiger partial charge is 0.253 e. The maximum atomic E-state index is 11.3. The Labute approximate surface area is 119 Å². The summed E-state index contributed by atoms with van der Waals surface area (Å²) in [6.07, 6.45) is 0. The maximum absolute atomic E-state index is 11.3. The molecule has 0 aliphatic heterocycles. The Morgan fingerprint density at radius 2 is 2.16 bits per heavy atom. The average molecular weight is 297 g/mol. The van der Waals surface area contributed by atoms with Gasteiger partial charge in [0.1, 0.15) is 5.82 Å². The molecule has 19 heavy (non-hydrogen) atoms. The van der Waals surface area contributed by atoms with Gasteiger partial charge in [0.05, 0.1) is 5.02 Å². The third-order valence-corrected chi connectivity index (χ3v) is 3.82. The minimum Gasteiger partial charge on any atom is -0.383 e. The molecule has 0 unspecified atom stereocenters. The number of nitrogen functional groups attached to an aromatic ring is 1. The molecule has 1 aromatic carbocycles. The van der Waals surface area contributed by atoms with E-state index in [2.05, 4.69) is 9.97 Å². The summed E-state index contributed by atoms with van der Waals surface area (Å²) in [5, 5.41) is 0.963. The first kappa shape index (κ1) is 13.9. The zero-order valence-corrected chi connectivity index (χ0v) is 11.8. The zero-order chi connectivity index (χ0) is 14.0. The van der Waals surface area contributed by atoms with Gasteiger partial charge in [0.25, 0.3) is 5.56 Å². The lowest BCUT2D eigenvalue weighted by Gasteiger charge is -2.09. The third kappa shape index (κ3) is 3.50. The second-order valence-corrected chi connectivity index (χ2v) is 5.49. The highest BCUT2D eigenvalue weighted by atomic mass is 35.5. The molecule has 5 N–H and O–H groups in total. The van der Waals surface area contributed by atoms with Crippen LogP contribution in [0.1, 0.15) is 18.5 Å². The summed E-state index contributed by atoms with van der Waals surface area (Å²) in [7, 11) is 0. The fraction of sp³-hybridized carbons (Fsp3) is 0.167. The van der Waals surface area contributed by atoms with E-state index >= 15 is 0 Å². The third-order valence-electron chi connectivity index (χ3n) is 2.43. The molecule has 5 nitrogen and oxygen atoms in total. The first-order valence-electron chi connectivity index (χ1n) is 5.55. The molecule has 0 fully saturated rings.